The van der Waals surface area contributed by atoms with Gasteiger partial charge in [0.1, 0.15) is 0 Å². The second kappa shape index (κ2) is 4.99. The van der Waals surface area contributed by atoms with Crippen molar-refractivity contribution >= 4 is 16.7 Å². The van der Waals surface area contributed by atoms with E-state index in [0.29, 0.717) is 11.5 Å². The lowest BCUT2D eigenvalue weighted by Crippen LogP contribution is -1.98. The first-order chi connectivity index (χ1) is 11.9. The van der Waals surface area contributed by atoms with Gasteiger partial charge in [-0.05, 0) is 0 Å². The highest BCUT2D eigenvalue weighted by Gasteiger charge is 2.16. The van der Waals surface area contributed by atoms with E-state index >= 15 is 0 Å². The molecule has 5 aromatic rings. The molecule has 0 spiro atoms. The van der Waals surface area contributed by atoms with E-state index in [4.69, 9.17) is 10.1 Å². The number of nitrogens with one attached hydrogen (secondary N) is 1. The van der Waals surface area contributed by atoms with Gasteiger partial charge in [0.2, 0.25) is 0 Å². The zero-order chi connectivity index (χ0) is 15.9. The molecule has 1 N–H and O–H groups in total. The van der Waals surface area contributed by atoms with Crippen LogP contribution in [0, 0.1) is 0 Å². The molecule has 3 aromatic heterocycles. The second-order valence-corrected chi connectivity index (χ2v) is 5.47. The van der Waals surface area contributed by atoms with Gasteiger partial charge in [0.05, 0.1) is 11.6 Å². The summed E-state index contributed by atoms with van der Waals surface area (Å²) in [7, 11) is 0. The van der Waals surface area contributed by atoms with Crippen LogP contribution < -0.4 is 0 Å². The third-order valence-corrected chi connectivity index (χ3v) is 3.95. The van der Waals surface area contributed by atoms with E-state index < -0.39 is 0 Å². The zero-order valence-corrected chi connectivity index (χ0v) is 12.6. The van der Waals surface area contributed by atoms with E-state index in [9.17, 15) is 0 Å². The van der Waals surface area contributed by atoms with E-state index in [1.807, 2.05) is 60.7 Å². The largest absolute Gasteiger partial charge is 0.261 e. The summed E-state index contributed by atoms with van der Waals surface area (Å²) in [6, 6.07) is 19.9. The van der Waals surface area contributed by atoms with Crippen molar-refractivity contribution in [1.82, 2.24) is 29.8 Å². The zero-order valence-electron chi connectivity index (χ0n) is 12.6. The van der Waals surface area contributed by atoms with Crippen molar-refractivity contribution in [3.05, 3.63) is 66.9 Å². The number of nitrogens with zero attached hydrogens (tertiary/aromatic N) is 5. The molecule has 0 bridgehead atoms. The summed E-state index contributed by atoms with van der Waals surface area (Å²) >= 11 is 0. The molecule has 3 heterocycles. The Balaban J connectivity index is 1.86. The molecule has 0 fully saturated rings. The Hall–Kier alpha value is -3.54. The second-order valence-electron chi connectivity index (χ2n) is 5.47. The van der Waals surface area contributed by atoms with Crippen LogP contribution in [0.2, 0.25) is 0 Å². The highest BCUT2D eigenvalue weighted by atomic mass is 15.3. The molecule has 0 saturated carbocycles. The molecule has 114 valence electrons. The van der Waals surface area contributed by atoms with E-state index in [1.54, 1.807) is 10.7 Å². The van der Waals surface area contributed by atoms with Crippen molar-refractivity contribution in [1.29, 1.82) is 0 Å². The predicted octanol–water partition coefficient (Wildman–Crippen LogP) is 3.33. The van der Waals surface area contributed by atoms with Crippen LogP contribution in [-0.4, -0.2) is 29.8 Å². The van der Waals surface area contributed by atoms with Gasteiger partial charge < -0.3 is 0 Å². The fourth-order valence-electron chi connectivity index (χ4n) is 2.80. The van der Waals surface area contributed by atoms with E-state index in [-0.39, 0.29) is 0 Å². The van der Waals surface area contributed by atoms with Crippen LogP contribution in [0.25, 0.3) is 39.5 Å². The highest BCUT2D eigenvalue weighted by Crippen LogP contribution is 2.25. The Morgan fingerprint density at radius 2 is 1.50 bits per heavy atom. The van der Waals surface area contributed by atoms with Gasteiger partial charge in [-0.25, -0.2) is 9.97 Å². The van der Waals surface area contributed by atoms with E-state index in [1.165, 1.54) is 0 Å². The molecule has 6 nitrogen and oxygen atoms in total. The van der Waals surface area contributed by atoms with Crippen LogP contribution in [0.15, 0.2) is 66.9 Å². The van der Waals surface area contributed by atoms with Gasteiger partial charge in [-0.3, -0.25) is 5.10 Å². The summed E-state index contributed by atoms with van der Waals surface area (Å²) in [5, 5.41) is 12.6. The summed E-state index contributed by atoms with van der Waals surface area (Å²) in [5.41, 5.74) is 3.39. The molecular weight excluding hydrogens is 300 g/mol. The number of hydrogen-bond acceptors (Lipinski definition) is 4. The van der Waals surface area contributed by atoms with Crippen molar-refractivity contribution in [3.8, 4) is 22.8 Å². The molecule has 0 atom stereocenters. The first-order valence-corrected chi connectivity index (χ1v) is 7.61. The van der Waals surface area contributed by atoms with E-state index in [2.05, 4.69) is 15.2 Å². The quantitative estimate of drug-likeness (QED) is 0.542. The van der Waals surface area contributed by atoms with E-state index in [0.717, 1.165) is 28.0 Å². The van der Waals surface area contributed by atoms with Crippen LogP contribution in [0.3, 0.4) is 0 Å². The fourth-order valence-corrected chi connectivity index (χ4v) is 2.80. The number of H-pyrrole nitrogens is 1. The van der Waals surface area contributed by atoms with Gasteiger partial charge in [0, 0.05) is 11.1 Å². The van der Waals surface area contributed by atoms with Gasteiger partial charge in [-0.1, -0.05) is 60.7 Å². The summed E-state index contributed by atoms with van der Waals surface area (Å²) in [6.45, 7) is 0. The third-order valence-electron chi connectivity index (χ3n) is 3.95. The van der Waals surface area contributed by atoms with Crippen LogP contribution in [-0.2, 0) is 0 Å². The summed E-state index contributed by atoms with van der Waals surface area (Å²) in [6.07, 6.45) is 1.73. The average molecular weight is 312 g/mol. The van der Waals surface area contributed by atoms with Gasteiger partial charge >= 0.3 is 0 Å². The van der Waals surface area contributed by atoms with Crippen molar-refractivity contribution in [2.24, 2.45) is 0 Å². The first-order valence-electron chi connectivity index (χ1n) is 7.61. The lowest BCUT2D eigenvalue weighted by molar-refractivity contribution is 0.945. The number of rotatable bonds is 2. The molecule has 0 unspecified atom stereocenters. The molecule has 2 aromatic carbocycles. The maximum atomic E-state index is 4.72. The lowest BCUT2D eigenvalue weighted by Gasteiger charge is -2.03. The number of benzene rings is 2. The molecule has 24 heavy (non-hydrogen) atoms. The molecular formula is C18H12N6. The standard InChI is InChI=1S/C18H12N6/c1-3-7-12(8-4-1)15-20-18-14-11-19-22-16(14)21-17(24(18)23-15)13-9-5-2-6-10-13/h1-11H,(H,19,22). The Morgan fingerprint density at radius 3 is 2.25 bits per heavy atom. The van der Waals surface area contributed by atoms with Crippen LogP contribution >= 0.6 is 0 Å². The lowest BCUT2D eigenvalue weighted by atomic mass is 10.2. The highest BCUT2D eigenvalue weighted by molar-refractivity contribution is 5.90. The SMILES string of the molecule is c1ccc(-c2nc3c4cn[nH]c4nc(-c4ccccc4)n3n2)cc1. The summed E-state index contributed by atoms with van der Waals surface area (Å²) in [5.74, 6) is 1.40. The number of aromatic nitrogens is 6. The fraction of sp³-hybridized carbons (Fsp3) is 0. The molecule has 6 heteroatoms. The molecule has 0 aliphatic heterocycles. The van der Waals surface area contributed by atoms with Crippen LogP contribution in [0.1, 0.15) is 0 Å². The minimum Gasteiger partial charge on any atom is -0.261 e. The summed E-state index contributed by atoms with van der Waals surface area (Å²) < 4.78 is 1.79. The molecule has 0 aliphatic rings. The van der Waals surface area contributed by atoms with Crippen molar-refractivity contribution < 1.29 is 0 Å². The van der Waals surface area contributed by atoms with Crippen molar-refractivity contribution in [2.45, 2.75) is 0 Å². The first kappa shape index (κ1) is 13.0. The average Bonchev–Trinajstić information content (AvgIpc) is 3.29. The molecule has 0 amide bonds. The Morgan fingerprint density at radius 1 is 0.792 bits per heavy atom. The normalized spacial score (nSPS) is 11.3. The maximum Gasteiger partial charge on any atom is 0.182 e. The minimum atomic E-state index is 0.670. The van der Waals surface area contributed by atoms with Crippen molar-refractivity contribution in [2.75, 3.05) is 0 Å². The molecule has 0 radical (unpaired) electrons. The molecule has 0 aliphatic carbocycles. The predicted molar refractivity (Wildman–Crippen MR) is 91.3 cm³/mol. The summed E-state index contributed by atoms with van der Waals surface area (Å²) in [4.78, 5) is 9.40. The Bertz CT molecular complexity index is 1140. The topological polar surface area (TPSA) is 71.8 Å². The third kappa shape index (κ3) is 1.90. The van der Waals surface area contributed by atoms with Gasteiger partial charge in [-0.15, -0.1) is 5.10 Å². The Labute approximate surface area is 136 Å². The van der Waals surface area contributed by atoms with Gasteiger partial charge in [-0.2, -0.15) is 9.61 Å². The number of aromatic amines is 1. The molecule has 5 rings (SSSR count). The monoisotopic (exact) mass is 312 g/mol. The maximum absolute atomic E-state index is 4.72. The van der Waals surface area contributed by atoms with Crippen LogP contribution in [0.5, 0.6) is 0 Å². The van der Waals surface area contributed by atoms with Crippen molar-refractivity contribution in [3.63, 3.8) is 0 Å². The Kier molecular flexibility index (Phi) is 2.69. The van der Waals surface area contributed by atoms with Gasteiger partial charge in [0.25, 0.3) is 0 Å². The number of hydrogen-bond donors (Lipinski definition) is 1. The minimum absolute atomic E-state index is 0.670. The van der Waals surface area contributed by atoms with Crippen LogP contribution in [0.4, 0.5) is 0 Å². The van der Waals surface area contributed by atoms with Gasteiger partial charge in [0.15, 0.2) is 22.9 Å². The molecule has 0 saturated heterocycles. The smallest absolute Gasteiger partial charge is 0.182 e. The number of fused-ring (bicyclic) bond motifs is 3.